The molecule has 0 aliphatic carbocycles. The fourth-order valence-electron chi connectivity index (χ4n) is 3.96. The van der Waals surface area contributed by atoms with Crippen molar-refractivity contribution in [2.45, 2.75) is 51.5 Å². The Morgan fingerprint density at radius 2 is 1.70 bits per heavy atom. The highest BCUT2D eigenvalue weighted by Crippen LogP contribution is 2.24. The number of hydrogen-bond donors (Lipinski definition) is 0. The Balaban J connectivity index is 1.77. The van der Waals surface area contributed by atoms with Gasteiger partial charge in [-0.15, -0.1) is 0 Å². The van der Waals surface area contributed by atoms with Crippen LogP contribution in [-0.2, 0) is 21.3 Å². The van der Waals surface area contributed by atoms with Crippen LogP contribution in [0.4, 0.5) is 0 Å². The number of esters is 1. The van der Waals surface area contributed by atoms with E-state index in [2.05, 4.69) is 0 Å². The van der Waals surface area contributed by atoms with Crippen molar-refractivity contribution < 1.29 is 22.7 Å². The standard InChI is InChI=1S/C22H28N2O5S/c1-4-24-16(2)14-19(17(24)3)20(25)15-29-22(26)18-10-6-7-11-21(18)30(27,28)23-12-8-5-9-13-23/h6-7,10-11,14H,4-5,8-9,12-13,15H2,1-3H3. The maximum absolute atomic E-state index is 13.0. The number of carbonyl (C=O) groups excluding carboxylic acids is 2. The average molecular weight is 433 g/mol. The number of aromatic nitrogens is 1. The topological polar surface area (TPSA) is 85.7 Å². The summed E-state index contributed by atoms with van der Waals surface area (Å²) in [4.78, 5) is 25.2. The molecule has 1 aliphatic rings. The highest BCUT2D eigenvalue weighted by Gasteiger charge is 2.30. The van der Waals surface area contributed by atoms with Crippen LogP contribution in [0.1, 0.15) is 58.3 Å². The summed E-state index contributed by atoms with van der Waals surface area (Å²) >= 11 is 0. The molecule has 0 N–H and O–H groups in total. The molecule has 0 bridgehead atoms. The molecular formula is C22H28N2O5S. The molecule has 0 saturated carbocycles. The van der Waals surface area contributed by atoms with E-state index in [0.29, 0.717) is 18.7 Å². The Bertz CT molecular complexity index is 1050. The molecule has 2 heterocycles. The van der Waals surface area contributed by atoms with Gasteiger partial charge < -0.3 is 9.30 Å². The maximum atomic E-state index is 13.0. The van der Waals surface area contributed by atoms with Crippen LogP contribution < -0.4 is 0 Å². The van der Waals surface area contributed by atoms with Gasteiger partial charge in [-0.3, -0.25) is 4.79 Å². The Hall–Kier alpha value is -2.45. The van der Waals surface area contributed by atoms with Crippen molar-refractivity contribution >= 4 is 21.8 Å². The van der Waals surface area contributed by atoms with Gasteiger partial charge in [-0.05, 0) is 51.8 Å². The molecule has 1 aliphatic heterocycles. The number of ketones is 1. The van der Waals surface area contributed by atoms with Gasteiger partial charge in [-0.25, -0.2) is 13.2 Å². The van der Waals surface area contributed by atoms with Crippen LogP contribution in [-0.4, -0.2) is 48.7 Å². The van der Waals surface area contributed by atoms with Gasteiger partial charge >= 0.3 is 5.97 Å². The lowest BCUT2D eigenvalue weighted by molar-refractivity contribution is 0.0470. The first-order valence-corrected chi connectivity index (χ1v) is 11.7. The van der Waals surface area contributed by atoms with Crippen LogP contribution >= 0.6 is 0 Å². The van der Waals surface area contributed by atoms with Crippen molar-refractivity contribution in [3.8, 4) is 0 Å². The van der Waals surface area contributed by atoms with E-state index in [4.69, 9.17) is 4.74 Å². The van der Waals surface area contributed by atoms with Crippen molar-refractivity contribution in [3.63, 3.8) is 0 Å². The van der Waals surface area contributed by atoms with E-state index in [9.17, 15) is 18.0 Å². The molecule has 0 unspecified atom stereocenters. The monoisotopic (exact) mass is 432 g/mol. The number of Topliss-reactive ketones (excluding diaryl/α,β-unsaturated/α-hetero) is 1. The molecular weight excluding hydrogens is 404 g/mol. The van der Waals surface area contributed by atoms with Crippen molar-refractivity contribution in [1.82, 2.24) is 8.87 Å². The lowest BCUT2D eigenvalue weighted by Gasteiger charge is -2.26. The van der Waals surface area contributed by atoms with Crippen LogP contribution in [0.3, 0.4) is 0 Å². The van der Waals surface area contributed by atoms with Gasteiger partial charge in [0.25, 0.3) is 0 Å². The summed E-state index contributed by atoms with van der Waals surface area (Å²) in [5, 5.41) is 0. The Morgan fingerprint density at radius 1 is 1.03 bits per heavy atom. The van der Waals surface area contributed by atoms with Crippen molar-refractivity contribution in [2.24, 2.45) is 0 Å². The maximum Gasteiger partial charge on any atom is 0.339 e. The quantitative estimate of drug-likeness (QED) is 0.495. The molecule has 8 heteroatoms. The van der Waals surface area contributed by atoms with E-state index in [0.717, 1.165) is 37.2 Å². The van der Waals surface area contributed by atoms with Crippen molar-refractivity contribution in [3.05, 3.63) is 52.8 Å². The fraction of sp³-hybridized carbons (Fsp3) is 0.455. The summed E-state index contributed by atoms with van der Waals surface area (Å²) in [6, 6.07) is 7.79. The minimum Gasteiger partial charge on any atom is -0.454 e. The molecule has 1 aromatic heterocycles. The Morgan fingerprint density at radius 3 is 2.33 bits per heavy atom. The van der Waals surface area contributed by atoms with E-state index < -0.39 is 22.6 Å². The number of benzene rings is 1. The van der Waals surface area contributed by atoms with Gasteiger partial charge in [-0.2, -0.15) is 4.31 Å². The number of ether oxygens (including phenoxy) is 1. The van der Waals surface area contributed by atoms with Crippen molar-refractivity contribution in [1.29, 1.82) is 0 Å². The summed E-state index contributed by atoms with van der Waals surface area (Å²) in [5.41, 5.74) is 2.25. The molecule has 0 amide bonds. The Labute approximate surface area is 177 Å². The number of nitrogens with zero attached hydrogens (tertiary/aromatic N) is 2. The summed E-state index contributed by atoms with van der Waals surface area (Å²) < 4.78 is 34.7. The molecule has 0 radical (unpaired) electrons. The van der Waals surface area contributed by atoms with Gasteiger partial charge in [0, 0.05) is 36.6 Å². The minimum atomic E-state index is -3.80. The number of sulfonamides is 1. The van der Waals surface area contributed by atoms with Crippen LogP contribution in [0, 0.1) is 13.8 Å². The molecule has 0 atom stereocenters. The lowest BCUT2D eigenvalue weighted by Crippen LogP contribution is -2.36. The normalized spacial score (nSPS) is 15.2. The van der Waals surface area contributed by atoms with Gasteiger partial charge in [0.05, 0.1) is 10.5 Å². The molecule has 1 aromatic carbocycles. The Kier molecular flexibility index (Phi) is 6.77. The zero-order valence-electron chi connectivity index (χ0n) is 17.7. The summed E-state index contributed by atoms with van der Waals surface area (Å²) in [6.07, 6.45) is 2.60. The third-order valence-corrected chi connectivity index (χ3v) is 7.52. The minimum absolute atomic E-state index is 0.0464. The highest BCUT2D eigenvalue weighted by atomic mass is 32.2. The lowest BCUT2D eigenvalue weighted by atomic mass is 10.1. The second kappa shape index (κ2) is 9.14. The van der Waals surface area contributed by atoms with E-state index in [1.807, 2.05) is 25.3 Å². The molecule has 3 rings (SSSR count). The molecule has 1 saturated heterocycles. The van der Waals surface area contributed by atoms with Gasteiger partial charge in [-0.1, -0.05) is 18.6 Å². The number of piperidine rings is 1. The number of rotatable bonds is 7. The largest absolute Gasteiger partial charge is 0.454 e. The molecule has 30 heavy (non-hydrogen) atoms. The van der Waals surface area contributed by atoms with Crippen molar-refractivity contribution in [2.75, 3.05) is 19.7 Å². The smallest absolute Gasteiger partial charge is 0.339 e. The first kappa shape index (κ1) is 22.2. The predicted molar refractivity (Wildman–Crippen MR) is 113 cm³/mol. The SMILES string of the molecule is CCn1c(C)cc(C(=O)COC(=O)c2ccccc2S(=O)(=O)N2CCCCC2)c1C. The zero-order chi connectivity index (χ0) is 21.9. The second-order valence-corrected chi connectivity index (χ2v) is 9.40. The number of aryl methyl sites for hydroxylation is 1. The molecule has 1 fully saturated rings. The fourth-order valence-corrected chi connectivity index (χ4v) is 5.66. The van der Waals surface area contributed by atoms with Gasteiger partial charge in [0.2, 0.25) is 15.8 Å². The first-order valence-electron chi connectivity index (χ1n) is 10.2. The van der Waals surface area contributed by atoms with E-state index in [-0.39, 0.29) is 16.2 Å². The first-order chi connectivity index (χ1) is 14.3. The van der Waals surface area contributed by atoms with Crippen LogP contribution in [0.5, 0.6) is 0 Å². The number of carbonyl (C=O) groups is 2. The summed E-state index contributed by atoms with van der Waals surface area (Å²) in [6.45, 7) is 6.95. The average Bonchev–Trinajstić information content (AvgIpc) is 3.05. The molecule has 7 nitrogen and oxygen atoms in total. The summed E-state index contributed by atoms with van der Waals surface area (Å²) in [7, 11) is -3.80. The van der Waals surface area contributed by atoms with E-state index in [1.54, 1.807) is 18.2 Å². The summed E-state index contributed by atoms with van der Waals surface area (Å²) in [5.74, 6) is -1.13. The highest BCUT2D eigenvalue weighted by molar-refractivity contribution is 7.89. The van der Waals surface area contributed by atoms with Gasteiger partial charge in [0.15, 0.2) is 6.61 Å². The van der Waals surface area contributed by atoms with Gasteiger partial charge in [0.1, 0.15) is 0 Å². The zero-order valence-corrected chi connectivity index (χ0v) is 18.5. The predicted octanol–water partition coefficient (Wildman–Crippen LogP) is 3.34. The third-order valence-electron chi connectivity index (χ3n) is 5.56. The van der Waals surface area contributed by atoms with Crippen LogP contribution in [0.15, 0.2) is 35.2 Å². The molecule has 2 aromatic rings. The van der Waals surface area contributed by atoms with Crippen LogP contribution in [0.2, 0.25) is 0 Å². The molecule has 162 valence electrons. The van der Waals surface area contributed by atoms with Crippen LogP contribution in [0.25, 0.3) is 0 Å². The number of hydrogen-bond acceptors (Lipinski definition) is 5. The molecule has 0 spiro atoms. The van der Waals surface area contributed by atoms with E-state index in [1.165, 1.54) is 16.4 Å². The second-order valence-electron chi connectivity index (χ2n) is 7.49. The van der Waals surface area contributed by atoms with E-state index >= 15 is 0 Å². The third kappa shape index (κ3) is 4.34.